The van der Waals surface area contributed by atoms with Crippen molar-refractivity contribution in [1.29, 1.82) is 5.41 Å². The highest BCUT2D eigenvalue weighted by molar-refractivity contribution is 6.60. The van der Waals surface area contributed by atoms with Gasteiger partial charge in [-0.1, -0.05) is 26.0 Å². The topological polar surface area (TPSA) is 90.3 Å². The number of hydrogen-bond donors (Lipinski definition) is 4. The van der Waals surface area contributed by atoms with Crippen LogP contribution in [-0.4, -0.2) is 22.9 Å². The van der Waals surface area contributed by atoms with E-state index in [1.54, 1.807) is 18.2 Å². The number of nitrogen functional groups attached to an aromatic ring is 1. The zero-order valence-corrected chi connectivity index (χ0v) is 8.86. The van der Waals surface area contributed by atoms with Crippen molar-refractivity contribution in [2.45, 2.75) is 13.8 Å². The first-order valence-corrected chi connectivity index (χ1v) is 4.78. The van der Waals surface area contributed by atoms with Crippen LogP contribution < -0.4 is 11.2 Å². The average Bonchev–Trinajstić information content (AvgIpc) is 2.16. The fourth-order valence-corrected chi connectivity index (χ4v) is 1.40. The smallest absolute Gasteiger partial charge is 0.423 e. The molecule has 0 saturated carbocycles. The van der Waals surface area contributed by atoms with Crippen molar-refractivity contribution < 1.29 is 10.0 Å². The van der Waals surface area contributed by atoms with Crippen LogP contribution in [0.5, 0.6) is 0 Å². The monoisotopic (exact) mass is 206 g/mol. The van der Waals surface area contributed by atoms with Gasteiger partial charge >= 0.3 is 7.12 Å². The van der Waals surface area contributed by atoms with Gasteiger partial charge in [0.15, 0.2) is 0 Å². The summed E-state index contributed by atoms with van der Waals surface area (Å²) in [7, 11) is -1.59. The van der Waals surface area contributed by atoms with Gasteiger partial charge in [0.25, 0.3) is 0 Å². The highest BCUT2D eigenvalue weighted by atomic mass is 16.4. The fraction of sp³-hybridized carbons (Fsp3) is 0.300. The number of anilines is 1. The fourth-order valence-electron chi connectivity index (χ4n) is 1.40. The summed E-state index contributed by atoms with van der Waals surface area (Å²) in [6.07, 6.45) is 0. The second kappa shape index (κ2) is 4.46. The minimum atomic E-state index is -1.59. The molecule has 0 fully saturated rings. The summed E-state index contributed by atoms with van der Waals surface area (Å²) in [4.78, 5) is 0. The number of rotatable bonds is 3. The molecule has 0 heterocycles. The van der Waals surface area contributed by atoms with Crippen LogP contribution in [-0.2, 0) is 0 Å². The molecule has 80 valence electrons. The Morgan fingerprint density at radius 3 is 2.47 bits per heavy atom. The van der Waals surface area contributed by atoms with Gasteiger partial charge in [-0.15, -0.1) is 0 Å². The predicted octanol–water partition coefficient (Wildman–Crippen LogP) is -0.0275. The molecule has 0 aliphatic heterocycles. The maximum Gasteiger partial charge on any atom is 0.489 e. The van der Waals surface area contributed by atoms with Crippen LogP contribution >= 0.6 is 0 Å². The minimum absolute atomic E-state index is 0.00722. The Kier molecular flexibility index (Phi) is 3.50. The van der Waals surface area contributed by atoms with Gasteiger partial charge in [-0.3, -0.25) is 0 Å². The van der Waals surface area contributed by atoms with Crippen molar-refractivity contribution in [2.24, 2.45) is 5.92 Å². The summed E-state index contributed by atoms with van der Waals surface area (Å²) in [6, 6.07) is 4.85. The van der Waals surface area contributed by atoms with Crippen molar-refractivity contribution in [2.75, 3.05) is 5.73 Å². The third-order valence-corrected chi connectivity index (χ3v) is 2.25. The molecular weight excluding hydrogens is 191 g/mol. The van der Waals surface area contributed by atoms with Gasteiger partial charge < -0.3 is 21.2 Å². The highest BCUT2D eigenvalue weighted by Gasteiger charge is 2.21. The van der Waals surface area contributed by atoms with Gasteiger partial charge in [0.05, 0.1) is 0 Å². The van der Waals surface area contributed by atoms with E-state index >= 15 is 0 Å². The molecule has 5 heteroatoms. The minimum Gasteiger partial charge on any atom is -0.423 e. The van der Waals surface area contributed by atoms with Crippen LogP contribution in [0.2, 0.25) is 0 Å². The van der Waals surface area contributed by atoms with E-state index < -0.39 is 7.12 Å². The Morgan fingerprint density at radius 1 is 1.40 bits per heavy atom. The average molecular weight is 206 g/mol. The quantitative estimate of drug-likeness (QED) is 0.318. The number of nitrogens with one attached hydrogen (secondary N) is 1. The molecule has 0 aromatic heterocycles. The first kappa shape index (κ1) is 11.7. The molecule has 0 bridgehead atoms. The molecule has 0 amide bonds. The molecule has 4 nitrogen and oxygen atoms in total. The lowest BCUT2D eigenvalue weighted by Crippen LogP contribution is -2.36. The number of benzene rings is 1. The van der Waals surface area contributed by atoms with Gasteiger partial charge in [-0.2, -0.15) is 0 Å². The number of hydrogen-bond acceptors (Lipinski definition) is 4. The summed E-state index contributed by atoms with van der Waals surface area (Å²) in [6.45, 7) is 3.73. The standard InChI is InChI=1S/C10H15BN2O2/c1-6(2)10(13)9-7(11(14)15)4-3-5-8(9)12/h3-6,13-15H,12H2,1-2H3. The van der Waals surface area contributed by atoms with E-state index in [1.807, 2.05) is 13.8 Å². The summed E-state index contributed by atoms with van der Waals surface area (Å²) < 4.78 is 0. The van der Waals surface area contributed by atoms with Crippen molar-refractivity contribution in [1.82, 2.24) is 0 Å². The van der Waals surface area contributed by atoms with E-state index in [0.29, 0.717) is 17.0 Å². The van der Waals surface area contributed by atoms with E-state index in [0.717, 1.165) is 0 Å². The van der Waals surface area contributed by atoms with E-state index in [1.165, 1.54) is 0 Å². The SMILES string of the molecule is CC(C)C(=N)c1c(N)cccc1B(O)O. The maximum absolute atomic E-state index is 9.16. The highest BCUT2D eigenvalue weighted by Crippen LogP contribution is 2.14. The lowest BCUT2D eigenvalue weighted by atomic mass is 9.74. The molecule has 0 aliphatic carbocycles. The normalized spacial score (nSPS) is 10.5. The molecular formula is C10H15BN2O2. The molecule has 1 rings (SSSR count). The summed E-state index contributed by atoms with van der Waals surface area (Å²) >= 11 is 0. The van der Waals surface area contributed by atoms with Gasteiger partial charge in [0, 0.05) is 17.0 Å². The largest absolute Gasteiger partial charge is 0.489 e. The van der Waals surface area contributed by atoms with Crippen molar-refractivity contribution in [3.05, 3.63) is 23.8 Å². The molecule has 15 heavy (non-hydrogen) atoms. The Hall–Kier alpha value is -1.33. The molecule has 0 spiro atoms. The van der Waals surface area contributed by atoms with Gasteiger partial charge in [-0.05, 0) is 17.4 Å². The van der Waals surface area contributed by atoms with Crippen LogP contribution in [0.15, 0.2) is 18.2 Å². The van der Waals surface area contributed by atoms with Gasteiger partial charge in [0.1, 0.15) is 0 Å². The zero-order chi connectivity index (χ0) is 11.6. The lowest BCUT2D eigenvalue weighted by Gasteiger charge is -2.15. The van der Waals surface area contributed by atoms with E-state index in [9.17, 15) is 0 Å². The van der Waals surface area contributed by atoms with Crippen molar-refractivity contribution in [3.63, 3.8) is 0 Å². The summed E-state index contributed by atoms with van der Waals surface area (Å²) in [5.41, 5.74) is 7.17. The van der Waals surface area contributed by atoms with Crippen LogP contribution in [0.25, 0.3) is 0 Å². The molecule has 0 aliphatic rings. The molecule has 1 aromatic carbocycles. The second-order valence-corrected chi connectivity index (χ2v) is 3.75. The molecule has 5 N–H and O–H groups in total. The molecule has 0 radical (unpaired) electrons. The first-order valence-electron chi connectivity index (χ1n) is 4.78. The Labute approximate surface area is 89.4 Å². The van der Waals surface area contributed by atoms with E-state index in [-0.39, 0.29) is 11.4 Å². The van der Waals surface area contributed by atoms with Gasteiger partial charge in [0.2, 0.25) is 0 Å². The molecule has 1 aromatic rings. The third-order valence-electron chi connectivity index (χ3n) is 2.25. The number of nitrogens with two attached hydrogens (primary N) is 1. The summed E-state index contributed by atoms with van der Waals surface area (Å²) in [5, 5.41) is 26.2. The van der Waals surface area contributed by atoms with E-state index in [2.05, 4.69) is 0 Å². The van der Waals surface area contributed by atoms with Crippen LogP contribution in [0.4, 0.5) is 5.69 Å². The molecule has 0 atom stereocenters. The Morgan fingerprint density at radius 2 is 2.00 bits per heavy atom. The van der Waals surface area contributed by atoms with Crippen LogP contribution in [0.3, 0.4) is 0 Å². The zero-order valence-electron chi connectivity index (χ0n) is 8.86. The van der Waals surface area contributed by atoms with E-state index in [4.69, 9.17) is 21.2 Å². The van der Waals surface area contributed by atoms with Crippen molar-refractivity contribution in [3.8, 4) is 0 Å². The second-order valence-electron chi connectivity index (χ2n) is 3.75. The lowest BCUT2D eigenvalue weighted by molar-refractivity contribution is 0.425. The third kappa shape index (κ3) is 2.37. The first-order chi connectivity index (χ1) is 6.95. The van der Waals surface area contributed by atoms with Gasteiger partial charge in [-0.25, -0.2) is 0 Å². The predicted molar refractivity (Wildman–Crippen MR) is 62.3 cm³/mol. The molecule has 0 saturated heterocycles. The van der Waals surface area contributed by atoms with Crippen LogP contribution in [0, 0.1) is 11.3 Å². The van der Waals surface area contributed by atoms with Crippen LogP contribution in [0.1, 0.15) is 19.4 Å². The molecule has 0 unspecified atom stereocenters. The van der Waals surface area contributed by atoms with Crippen molar-refractivity contribution >= 4 is 24.0 Å². The Bertz CT molecular complexity index is 378. The summed E-state index contributed by atoms with van der Waals surface area (Å²) in [5.74, 6) is -0.00722. The maximum atomic E-state index is 9.16. The Balaban J connectivity index is 3.31.